The van der Waals surface area contributed by atoms with Crippen LogP contribution in [-0.2, 0) is 0 Å². The van der Waals surface area contributed by atoms with E-state index in [1.165, 1.54) is 42.6 Å². The van der Waals surface area contributed by atoms with Crippen LogP contribution in [0.4, 0.5) is 24.5 Å². The normalized spacial score (nSPS) is 17.1. The van der Waals surface area contributed by atoms with E-state index < -0.39 is 11.3 Å². The molecule has 1 aromatic heterocycles. The molecule has 0 amide bonds. The number of nitrogens with one attached hydrogen (secondary N) is 1. The summed E-state index contributed by atoms with van der Waals surface area (Å²) in [5.41, 5.74) is 4.06. The zero-order valence-electron chi connectivity index (χ0n) is 19.7. The molecule has 5 rings (SSSR count). The molecule has 1 unspecified atom stereocenters. The number of thiocarbonyl (C=S) groups is 1. The van der Waals surface area contributed by atoms with Crippen LogP contribution in [0.15, 0.2) is 107 Å². The van der Waals surface area contributed by atoms with E-state index in [9.17, 15) is 23.3 Å². The van der Waals surface area contributed by atoms with Gasteiger partial charge in [0.2, 0.25) is 5.11 Å². The zero-order valence-corrected chi connectivity index (χ0v) is 20.6. The number of hydrogen-bond donors (Lipinski definition) is 1. The molecule has 0 aliphatic heterocycles. The molecule has 0 saturated heterocycles. The Hall–Kier alpha value is -4.91. The van der Waals surface area contributed by atoms with Gasteiger partial charge in [0.1, 0.15) is 17.8 Å². The van der Waals surface area contributed by atoms with E-state index in [4.69, 9.17) is 12.2 Å². The molecule has 2 aliphatic rings. The largest absolute Gasteiger partial charge is 0.573 e. The minimum absolute atomic E-state index is 0.0304. The summed E-state index contributed by atoms with van der Waals surface area (Å²) in [5.74, 6) is -0.417. The van der Waals surface area contributed by atoms with Gasteiger partial charge in [-0.2, -0.15) is 5.11 Å². The molecule has 0 fully saturated rings. The van der Waals surface area contributed by atoms with Crippen molar-refractivity contribution in [3.63, 3.8) is 0 Å². The Morgan fingerprint density at radius 3 is 2.67 bits per heavy atom. The molecule has 1 heterocycles. The average Bonchev–Trinajstić information content (AvgIpc) is 3.33. The number of ether oxygens (including phenoxy) is 1. The van der Waals surface area contributed by atoms with Crippen LogP contribution in [-0.4, -0.2) is 25.9 Å². The molecule has 13 heteroatoms. The Morgan fingerprint density at radius 1 is 1.15 bits per heavy atom. The Bertz CT molecular complexity index is 1600. The number of hydrogen-bond acceptors (Lipinski definition) is 6. The molecule has 39 heavy (non-hydrogen) atoms. The standard InChI is InChI=1S/C26H17F3N6O3S/c27-26(28,29)38-19-9-7-18(8-10-19)34-15-30-24-20-11-5-16(13-17(20)6-12-23(24)34)14-31-33-25(39)32-21-3-1-2-4-22(21)35(36)37/h1-15,20H,(H,32,39)/b16-14+,33-31?. The number of allylic oxidation sites excluding steroid dienone is 6. The van der Waals surface area contributed by atoms with Gasteiger partial charge in [-0.15, -0.1) is 18.3 Å². The molecule has 0 bridgehead atoms. The molecule has 2 aromatic carbocycles. The Kier molecular flexibility index (Phi) is 6.90. The minimum Gasteiger partial charge on any atom is -0.406 e. The van der Waals surface area contributed by atoms with E-state index in [0.29, 0.717) is 5.69 Å². The number of para-hydroxylation sites is 2. The van der Waals surface area contributed by atoms with Crippen LogP contribution in [0.25, 0.3) is 11.8 Å². The smallest absolute Gasteiger partial charge is 0.406 e. The second kappa shape index (κ2) is 10.5. The number of nitrogens with zero attached hydrogens (tertiary/aromatic N) is 5. The van der Waals surface area contributed by atoms with Crippen molar-refractivity contribution in [1.82, 2.24) is 9.55 Å². The van der Waals surface area contributed by atoms with Crippen LogP contribution >= 0.6 is 12.2 Å². The van der Waals surface area contributed by atoms with Gasteiger partial charge in [0, 0.05) is 17.7 Å². The van der Waals surface area contributed by atoms with Crippen LogP contribution < -0.4 is 10.1 Å². The van der Waals surface area contributed by atoms with Crippen LogP contribution in [0.2, 0.25) is 0 Å². The summed E-state index contributed by atoms with van der Waals surface area (Å²) in [6, 6.07) is 11.6. The Labute approximate surface area is 224 Å². The van der Waals surface area contributed by atoms with E-state index in [1.807, 2.05) is 30.4 Å². The highest BCUT2D eigenvalue weighted by molar-refractivity contribution is 7.80. The lowest BCUT2D eigenvalue weighted by Crippen LogP contribution is -2.17. The second-order valence-corrected chi connectivity index (χ2v) is 8.68. The Balaban J connectivity index is 1.28. The number of nitro benzene ring substituents is 1. The van der Waals surface area contributed by atoms with Crippen LogP contribution in [0.1, 0.15) is 17.3 Å². The number of halogens is 3. The second-order valence-electron chi connectivity index (χ2n) is 8.29. The number of azo groups is 1. The molecule has 196 valence electrons. The lowest BCUT2D eigenvalue weighted by Gasteiger charge is -2.22. The number of anilines is 1. The molecule has 0 spiro atoms. The van der Waals surface area contributed by atoms with Crippen molar-refractivity contribution < 1.29 is 22.8 Å². The van der Waals surface area contributed by atoms with E-state index in [0.717, 1.165) is 22.5 Å². The molecular formula is C26H17F3N6O3S. The summed E-state index contributed by atoms with van der Waals surface area (Å²) in [6.07, 6.45) is 7.94. The van der Waals surface area contributed by atoms with Crippen molar-refractivity contribution in [1.29, 1.82) is 0 Å². The number of aromatic nitrogens is 2. The summed E-state index contributed by atoms with van der Waals surface area (Å²) >= 11 is 5.12. The topological polar surface area (TPSA) is 107 Å². The number of fused-ring (bicyclic) bond motifs is 3. The van der Waals surface area contributed by atoms with Crippen molar-refractivity contribution >= 4 is 34.8 Å². The first-order valence-electron chi connectivity index (χ1n) is 11.3. The van der Waals surface area contributed by atoms with Gasteiger partial charge in [-0.3, -0.25) is 14.7 Å². The summed E-state index contributed by atoms with van der Waals surface area (Å²) < 4.78 is 43.1. The maximum atomic E-state index is 12.4. The first-order valence-corrected chi connectivity index (χ1v) is 11.8. The number of nitro groups is 1. The number of rotatable bonds is 5. The Morgan fingerprint density at radius 2 is 1.92 bits per heavy atom. The van der Waals surface area contributed by atoms with Crippen molar-refractivity contribution in [2.24, 2.45) is 10.2 Å². The highest BCUT2D eigenvalue weighted by atomic mass is 32.1. The maximum Gasteiger partial charge on any atom is 0.573 e. The van der Waals surface area contributed by atoms with E-state index in [-0.39, 0.29) is 28.2 Å². The SMILES string of the molecule is O=[N+]([O-])c1ccccc1NC(=S)N=N/C=C1\C=CC2C(=C1)C=Cc1c2ncn1-c1ccc(OC(F)(F)F)cc1. The van der Waals surface area contributed by atoms with Crippen molar-refractivity contribution in [3.8, 4) is 11.4 Å². The lowest BCUT2D eigenvalue weighted by atomic mass is 9.84. The fourth-order valence-electron chi connectivity index (χ4n) is 4.12. The highest BCUT2D eigenvalue weighted by Crippen LogP contribution is 2.38. The fraction of sp³-hybridized carbons (Fsp3) is 0.0769. The van der Waals surface area contributed by atoms with Crippen LogP contribution in [0.5, 0.6) is 5.75 Å². The predicted octanol–water partition coefficient (Wildman–Crippen LogP) is 7.02. The summed E-state index contributed by atoms with van der Waals surface area (Å²) in [6.45, 7) is 0. The first-order chi connectivity index (χ1) is 18.7. The molecule has 9 nitrogen and oxygen atoms in total. The third-order valence-corrected chi connectivity index (χ3v) is 5.97. The van der Waals surface area contributed by atoms with E-state index >= 15 is 0 Å². The van der Waals surface area contributed by atoms with Crippen molar-refractivity contribution in [2.45, 2.75) is 12.3 Å². The summed E-state index contributed by atoms with van der Waals surface area (Å²) in [4.78, 5) is 15.2. The zero-order chi connectivity index (χ0) is 27.6. The van der Waals surface area contributed by atoms with Gasteiger partial charge in [-0.05, 0) is 65.8 Å². The van der Waals surface area contributed by atoms with Gasteiger partial charge in [-0.25, -0.2) is 4.98 Å². The molecule has 2 aliphatic carbocycles. The quantitative estimate of drug-likeness (QED) is 0.158. The third kappa shape index (κ3) is 5.83. The van der Waals surface area contributed by atoms with Gasteiger partial charge in [-0.1, -0.05) is 30.4 Å². The molecule has 0 radical (unpaired) electrons. The fourth-order valence-corrected chi connectivity index (χ4v) is 4.28. The van der Waals surface area contributed by atoms with E-state index in [1.54, 1.807) is 23.0 Å². The van der Waals surface area contributed by atoms with Crippen molar-refractivity contribution in [3.05, 3.63) is 118 Å². The number of imidazole rings is 1. The highest BCUT2D eigenvalue weighted by Gasteiger charge is 2.31. The van der Waals surface area contributed by atoms with Gasteiger partial charge in [0.25, 0.3) is 5.69 Å². The van der Waals surface area contributed by atoms with Gasteiger partial charge < -0.3 is 10.1 Å². The predicted molar refractivity (Wildman–Crippen MR) is 142 cm³/mol. The minimum atomic E-state index is -4.75. The average molecular weight is 551 g/mol. The van der Waals surface area contributed by atoms with Gasteiger partial charge >= 0.3 is 6.36 Å². The number of alkyl halides is 3. The number of benzene rings is 2. The molecule has 3 aromatic rings. The molecule has 1 atom stereocenters. The molecular weight excluding hydrogens is 533 g/mol. The maximum absolute atomic E-state index is 12.4. The lowest BCUT2D eigenvalue weighted by molar-refractivity contribution is -0.383. The van der Waals surface area contributed by atoms with Gasteiger partial charge in [0.15, 0.2) is 0 Å². The molecule has 0 saturated carbocycles. The van der Waals surface area contributed by atoms with Crippen LogP contribution in [0.3, 0.4) is 0 Å². The van der Waals surface area contributed by atoms with E-state index in [2.05, 4.69) is 25.3 Å². The van der Waals surface area contributed by atoms with Gasteiger partial charge in [0.05, 0.1) is 22.5 Å². The third-order valence-electron chi connectivity index (χ3n) is 5.78. The summed E-state index contributed by atoms with van der Waals surface area (Å²) in [5, 5.41) is 21.7. The van der Waals surface area contributed by atoms with Crippen molar-refractivity contribution in [2.75, 3.05) is 5.32 Å². The monoisotopic (exact) mass is 550 g/mol. The summed E-state index contributed by atoms with van der Waals surface area (Å²) in [7, 11) is 0. The first kappa shape index (κ1) is 25.7. The molecule has 1 N–H and O–H groups in total. The van der Waals surface area contributed by atoms with Crippen LogP contribution in [0, 0.1) is 10.1 Å².